The van der Waals surface area contributed by atoms with E-state index in [0.29, 0.717) is 12.8 Å². The quantitative estimate of drug-likeness (QED) is 0.846. The Kier molecular flexibility index (Phi) is 3.73. The fraction of sp³-hybridized carbons (Fsp3) is 0.214. The van der Waals surface area contributed by atoms with Crippen molar-refractivity contribution in [1.82, 2.24) is 4.98 Å². The Labute approximate surface area is 100 Å². The maximum atomic E-state index is 9.95. The van der Waals surface area contributed by atoms with Crippen molar-refractivity contribution >= 4 is 0 Å². The van der Waals surface area contributed by atoms with Crippen LogP contribution in [0.1, 0.15) is 23.7 Å². The Bertz CT molecular complexity index is 471. The molecule has 0 radical (unpaired) electrons. The molecule has 0 saturated heterocycles. The van der Waals surface area contributed by atoms with Crippen LogP contribution in [0.3, 0.4) is 0 Å². The molecule has 2 N–H and O–H groups in total. The van der Waals surface area contributed by atoms with Crippen molar-refractivity contribution in [2.75, 3.05) is 0 Å². The molecule has 1 unspecified atom stereocenters. The molecule has 3 heteroatoms. The van der Waals surface area contributed by atoms with Gasteiger partial charge in [-0.05, 0) is 36.1 Å². The highest BCUT2D eigenvalue weighted by Gasteiger charge is 2.08. The van der Waals surface area contributed by atoms with Gasteiger partial charge in [-0.15, -0.1) is 0 Å². The van der Waals surface area contributed by atoms with Gasteiger partial charge in [0.25, 0.3) is 0 Å². The van der Waals surface area contributed by atoms with Gasteiger partial charge in [-0.25, -0.2) is 0 Å². The molecular formula is C14H15NO2. The van der Waals surface area contributed by atoms with Crippen LogP contribution < -0.4 is 0 Å². The topological polar surface area (TPSA) is 53.4 Å². The van der Waals surface area contributed by atoms with Crippen LogP contribution in [0, 0.1) is 0 Å². The first-order valence-electron chi connectivity index (χ1n) is 5.62. The van der Waals surface area contributed by atoms with Gasteiger partial charge < -0.3 is 10.2 Å². The van der Waals surface area contributed by atoms with Gasteiger partial charge in [-0.1, -0.05) is 24.3 Å². The average molecular weight is 229 g/mol. The zero-order chi connectivity index (χ0) is 12.1. The van der Waals surface area contributed by atoms with E-state index in [0.717, 1.165) is 11.1 Å². The van der Waals surface area contributed by atoms with Crippen molar-refractivity contribution in [2.24, 2.45) is 0 Å². The molecule has 3 nitrogen and oxygen atoms in total. The number of hydrogen-bond acceptors (Lipinski definition) is 3. The van der Waals surface area contributed by atoms with E-state index < -0.39 is 6.10 Å². The zero-order valence-electron chi connectivity index (χ0n) is 9.45. The fourth-order valence-corrected chi connectivity index (χ4v) is 1.75. The van der Waals surface area contributed by atoms with E-state index in [9.17, 15) is 10.2 Å². The number of phenolic OH excluding ortho intramolecular Hbond substituents is 1. The lowest BCUT2D eigenvalue weighted by atomic mass is 10.0. The van der Waals surface area contributed by atoms with E-state index >= 15 is 0 Å². The van der Waals surface area contributed by atoms with Crippen LogP contribution in [0.15, 0.2) is 48.8 Å². The standard InChI is InChI=1S/C14H15NO2/c16-13-6-2-1-4-11(13)7-8-14(17)12-5-3-9-15-10-12/h1-6,9-10,14,16-17H,7-8H2. The summed E-state index contributed by atoms with van der Waals surface area (Å²) >= 11 is 0. The molecule has 0 fully saturated rings. The normalized spacial score (nSPS) is 12.3. The second-order valence-corrected chi connectivity index (χ2v) is 3.97. The molecule has 2 aromatic rings. The van der Waals surface area contributed by atoms with Gasteiger partial charge in [-0.2, -0.15) is 0 Å². The van der Waals surface area contributed by atoms with Gasteiger partial charge in [-0.3, -0.25) is 4.98 Å². The highest BCUT2D eigenvalue weighted by Crippen LogP contribution is 2.22. The minimum Gasteiger partial charge on any atom is -0.508 e. The van der Waals surface area contributed by atoms with Crippen molar-refractivity contribution in [2.45, 2.75) is 18.9 Å². The Balaban J connectivity index is 1.97. The zero-order valence-corrected chi connectivity index (χ0v) is 9.45. The number of aliphatic hydroxyl groups excluding tert-OH is 1. The number of aliphatic hydroxyl groups is 1. The Morgan fingerprint density at radius 1 is 1.12 bits per heavy atom. The number of aromatic nitrogens is 1. The Morgan fingerprint density at radius 2 is 1.94 bits per heavy atom. The van der Waals surface area contributed by atoms with Crippen molar-refractivity contribution in [3.05, 3.63) is 59.9 Å². The highest BCUT2D eigenvalue weighted by atomic mass is 16.3. The molecule has 0 amide bonds. The second-order valence-electron chi connectivity index (χ2n) is 3.97. The molecule has 2 rings (SSSR count). The molecule has 1 atom stereocenters. The monoisotopic (exact) mass is 229 g/mol. The van der Waals surface area contributed by atoms with E-state index in [2.05, 4.69) is 4.98 Å². The SMILES string of the molecule is Oc1ccccc1CCC(O)c1cccnc1. The van der Waals surface area contributed by atoms with Crippen LogP contribution in [-0.4, -0.2) is 15.2 Å². The largest absolute Gasteiger partial charge is 0.508 e. The van der Waals surface area contributed by atoms with Crippen molar-refractivity contribution in [1.29, 1.82) is 0 Å². The summed E-state index contributed by atoms with van der Waals surface area (Å²) in [6.45, 7) is 0. The average Bonchev–Trinajstić information content (AvgIpc) is 2.38. The molecule has 0 aliphatic carbocycles. The first-order valence-corrected chi connectivity index (χ1v) is 5.62. The third kappa shape index (κ3) is 3.04. The minimum absolute atomic E-state index is 0.283. The number of rotatable bonds is 4. The molecular weight excluding hydrogens is 214 g/mol. The van der Waals surface area contributed by atoms with E-state index in [1.807, 2.05) is 18.2 Å². The van der Waals surface area contributed by atoms with Gasteiger partial charge in [0.1, 0.15) is 5.75 Å². The summed E-state index contributed by atoms with van der Waals surface area (Å²) in [5, 5.41) is 19.6. The summed E-state index contributed by atoms with van der Waals surface area (Å²) in [4.78, 5) is 3.97. The van der Waals surface area contributed by atoms with E-state index in [-0.39, 0.29) is 5.75 Å². The summed E-state index contributed by atoms with van der Waals surface area (Å²) < 4.78 is 0. The molecule has 1 aromatic carbocycles. The van der Waals surface area contributed by atoms with Crippen LogP contribution in [0.4, 0.5) is 0 Å². The Hall–Kier alpha value is -1.87. The number of para-hydroxylation sites is 1. The number of aromatic hydroxyl groups is 1. The lowest BCUT2D eigenvalue weighted by Gasteiger charge is -2.10. The maximum absolute atomic E-state index is 9.95. The van der Waals surface area contributed by atoms with Gasteiger partial charge in [0.05, 0.1) is 6.10 Å². The van der Waals surface area contributed by atoms with Crippen LogP contribution in [0.25, 0.3) is 0 Å². The van der Waals surface area contributed by atoms with Gasteiger partial charge in [0, 0.05) is 12.4 Å². The molecule has 17 heavy (non-hydrogen) atoms. The molecule has 0 aliphatic heterocycles. The highest BCUT2D eigenvalue weighted by molar-refractivity contribution is 5.31. The number of pyridine rings is 1. The van der Waals surface area contributed by atoms with Gasteiger partial charge >= 0.3 is 0 Å². The van der Waals surface area contributed by atoms with Crippen molar-refractivity contribution in [3.63, 3.8) is 0 Å². The molecule has 0 bridgehead atoms. The molecule has 1 heterocycles. The maximum Gasteiger partial charge on any atom is 0.118 e. The predicted octanol–water partition coefficient (Wildman–Crippen LogP) is 2.45. The summed E-state index contributed by atoms with van der Waals surface area (Å²) in [5.74, 6) is 0.283. The van der Waals surface area contributed by atoms with E-state index in [1.165, 1.54) is 0 Å². The third-order valence-corrected chi connectivity index (χ3v) is 2.75. The first kappa shape index (κ1) is 11.6. The second kappa shape index (κ2) is 5.46. The summed E-state index contributed by atoms with van der Waals surface area (Å²) in [6.07, 6.45) is 4.02. The van der Waals surface area contributed by atoms with Crippen LogP contribution in [0.5, 0.6) is 5.75 Å². The summed E-state index contributed by atoms with van der Waals surface area (Å²) in [6, 6.07) is 10.8. The number of phenols is 1. The molecule has 0 spiro atoms. The van der Waals surface area contributed by atoms with Crippen LogP contribution in [-0.2, 0) is 6.42 Å². The number of benzene rings is 1. The van der Waals surface area contributed by atoms with Gasteiger partial charge in [0.2, 0.25) is 0 Å². The molecule has 88 valence electrons. The lowest BCUT2D eigenvalue weighted by Crippen LogP contribution is -2.00. The van der Waals surface area contributed by atoms with Gasteiger partial charge in [0.15, 0.2) is 0 Å². The lowest BCUT2D eigenvalue weighted by molar-refractivity contribution is 0.167. The Morgan fingerprint density at radius 3 is 2.65 bits per heavy atom. The number of hydrogen-bond donors (Lipinski definition) is 2. The molecule has 0 saturated carbocycles. The number of nitrogens with zero attached hydrogens (tertiary/aromatic N) is 1. The third-order valence-electron chi connectivity index (χ3n) is 2.75. The van der Waals surface area contributed by atoms with E-state index in [1.54, 1.807) is 30.6 Å². The fourth-order valence-electron chi connectivity index (χ4n) is 1.75. The molecule has 0 aliphatic rings. The summed E-state index contributed by atoms with van der Waals surface area (Å²) in [7, 11) is 0. The summed E-state index contributed by atoms with van der Waals surface area (Å²) in [5.41, 5.74) is 1.67. The minimum atomic E-state index is -0.539. The van der Waals surface area contributed by atoms with E-state index in [4.69, 9.17) is 0 Å². The first-order chi connectivity index (χ1) is 8.27. The predicted molar refractivity (Wildman–Crippen MR) is 65.6 cm³/mol. The molecule has 1 aromatic heterocycles. The smallest absolute Gasteiger partial charge is 0.118 e. The van der Waals surface area contributed by atoms with Crippen molar-refractivity contribution < 1.29 is 10.2 Å². The number of aryl methyl sites for hydroxylation is 1. The van der Waals surface area contributed by atoms with Crippen molar-refractivity contribution in [3.8, 4) is 5.75 Å². The van der Waals surface area contributed by atoms with Crippen LogP contribution in [0.2, 0.25) is 0 Å². The van der Waals surface area contributed by atoms with Crippen LogP contribution >= 0.6 is 0 Å².